The van der Waals surface area contributed by atoms with E-state index in [0.717, 1.165) is 25.6 Å². The number of benzene rings is 1. The van der Waals surface area contributed by atoms with E-state index in [0.29, 0.717) is 4.88 Å². The summed E-state index contributed by atoms with van der Waals surface area (Å²) in [4.78, 5) is 17.5. The monoisotopic (exact) mass is 321 g/mol. The summed E-state index contributed by atoms with van der Waals surface area (Å²) in [5.41, 5.74) is 0.920. The molecule has 0 aliphatic rings. The van der Waals surface area contributed by atoms with E-state index in [2.05, 4.69) is 20.9 Å². The topological polar surface area (TPSA) is 39.2 Å². The first kappa shape index (κ1) is 11.6. The van der Waals surface area contributed by atoms with Crippen LogP contribution >= 0.6 is 27.3 Å². The van der Waals surface area contributed by atoms with Gasteiger partial charge < -0.3 is 4.74 Å². The quantitative estimate of drug-likeness (QED) is 0.636. The number of aromatic nitrogens is 1. The van der Waals surface area contributed by atoms with Gasteiger partial charge in [-0.2, -0.15) is 0 Å². The van der Waals surface area contributed by atoms with E-state index in [1.807, 2.05) is 30.3 Å². The number of halogens is 1. The lowest BCUT2D eigenvalue weighted by atomic mass is 10.2. The molecule has 0 saturated heterocycles. The first-order chi connectivity index (χ1) is 8.67. The molecule has 0 spiro atoms. The minimum Gasteiger partial charge on any atom is -0.465 e. The number of esters is 1. The highest BCUT2D eigenvalue weighted by Crippen LogP contribution is 2.29. The second-order valence-corrected chi connectivity index (χ2v) is 5.77. The summed E-state index contributed by atoms with van der Waals surface area (Å²) in [7, 11) is 1.38. The zero-order valence-electron chi connectivity index (χ0n) is 9.44. The van der Waals surface area contributed by atoms with Crippen LogP contribution in [0.25, 0.3) is 21.1 Å². The third kappa shape index (κ3) is 1.89. The van der Waals surface area contributed by atoms with Crippen LogP contribution in [0.15, 0.2) is 34.8 Å². The van der Waals surface area contributed by atoms with Crippen LogP contribution in [0.2, 0.25) is 0 Å². The van der Waals surface area contributed by atoms with Gasteiger partial charge in [0.25, 0.3) is 0 Å². The Labute approximate surface area is 116 Å². The predicted octanol–water partition coefficient (Wildman–Crippen LogP) is 4.00. The second kappa shape index (κ2) is 4.33. The van der Waals surface area contributed by atoms with Crippen LogP contribution in [-0.4, -0.2) is 18.1 Å². The number of methoxy groups -OCH3 is 1. The number of pyridine rings is 1. The van der Waals surface area contributed by atoms with Crippen LogP contribution in [-0.2, 0) is 4.74 Å². The highest BCUT2D eigenvalue weighted by Gasteiger charge is 2.11. The fourth-order valence-electron chi connectivity index (χ4n) is 1.81. The van der Waals surface area contributed by atoms with Gasteiger partial charge in [-0.25, -0.2) is 9.78 Å². The van der Waals surface area contributed by atoms with Crippen molar-refractivity contribution in [2.24, 2.45) is 0 Å². The molecule has 3 rings (SSSR count). The Morgan fingerprint density at radius 3 is 2.89 bits per heavy atom. The Bertz CT molecular complexity index is 766. The van der Waals surface area contributed by atoms with Crippen LogP contribution in [0.1, 0.15) is 9.67 Å². The molecule has 90 valence electrons. The lowest BCUT2D eigenvalue weighted by Crippen LogP contribution is -1.96. The van der Waals surface area contributed by atoms with E-state index in [1.165, 1.54) is 18.4 Å². The summed E-state index contributed by atoms with van der Waals surface area (Å²) in [6.45, 7) is 0. The predicted molar refractivity (Wildman–Crippen MR) is 76.2 cm³/mol. The molecule has 0 aliphatic carbocycles. The number of fused-ring (bicyclic) bond motifs is 2. The normalized spacial score (nSPS) is 11.0. The Morgan fingerprint density at radius 2 is 2.11 bits per heavy atom. The van der Waals surface area contributed by atoms with Gasteiger partial charge in [-0.3, -0.25) is 0 Å². The smallest absolute Gasteiger partial charge is 0.348 e. The maximum Gasteiger partial charge on any atom is 0.348 e. The molecule has 18 heavy (non-hydrogen) atoms. The molecule has 3 aromatic rings. The molecule has 2 aromatic heterocycles. The maximum absolute atomic E-state index is 11.5. The van der Waals surface area contributed by atoms with Crippen molar-refractivity contribution in [3.63, 3.8) is 0 Å². The summed E-state index contributed by atoms with van der Waals surface area (Å²) in [5, 5.41) is 2.01. The molecule has 0 N–H and O–H groups in total. The summed E-state index contributed by atoms with van der Waals surface area (Å²) >= 11 is 4.79. The fourth-order valence-corrected chi connectivity index (χ4v) is 3.13. The van der Waals surface area contributed by atoms with Gasteiger partial charge in [0, 0.05) is 15.2 Å². The molecular weight excluding hydrogens is 314 g/mol. The van der Waals surface area contributed by atoms with E-state index in [4.69, 9.17) is 4.74 Å². The van der Waals surface area contributed by atoms with Gasteiger partial charge in [0.05, 0.1) is 12.6 Å². The zero-order chi connectivity index (χ0) is 12.7. The second-order valence-electron chi connectivity index (χ2n) is 3.82. The summed E-state index contributed by atoms with van der Waals surface area (Å²) in [6.07, 6.45) is 0. The van der Waals surface area contributed by atoms with Crippen molar-refractivity contribution in [3.8, 4) is 0 Å². The number of carbonyl (C=O) groups excluding carboxylic acids is 1. The van der Waals surface area contributed by atoms with Crippen molar-refractivity contribution < 1.29 is 9.53 Å². The van der Waals surface area contributed by atoms with E-state index in [9.17, 15) is 4.79 Å². The van der Waals surface area contributed by atoms with Crippen LogP contribution in [0.4, 0.5) is 0 Å². The van der Waals surface area contributed by atoms with Gasteiger partial charge in [0.1, 0.15) is 9.71 Å². The van der Waals surface area contributed by atoms with Crippen LogP contribution in [0.3, 0.4) is 0 Å². The Balaban J connectivity index is 2.27. The SMILES string of the molecule is COC(=O)c1cc2cc3cc(Br)ccc3nc2s1. The van der Waals surface area contributed by atoms with Crippen molar-refractivity contribution in [3.05, 3.63) is 39.7 Å². The summed E-state index contributed by atoms with van der Waals surface area (Å²) in [5.74, 6) is -0.316. The third-order valence-electron chi connectivity index (χ3n) is 2.65. The third-order valence-corrected chi connectivity index (χ3v) is 4.17. The number of ether oxygens (including phenoxy) is 1. The van der Waals surface area contributed by atoms with Crippen molar-refractivity contribution in [1.82, 2.24) is 4.98 Å². The first-order valence-electron chi connectivity index (χ1n) is 5.25. The van der Waals surface area contributed by atoms with Crippen molar-refractivity contribution >= 4 is 54.4 Å². The van der Waals surface area contributed by atoms with Gasteiger partial charge in [0.2, 0.25) is 0 Å². The van der Waals surface area contributed by atoms with E-state index in [1.54, 1.807) is 0 Å². The standard InChI is InChI=1S/C13H8BrNO2S/c1-17-13(16)11-6-8-4-7-5-9(14)2-3-10(7)15-12(8)18-11/h2-6H,1H3. The minimum absolute atomic E-state index is 0.316. The molecule has 1 aromatic carbocycles. The van der Waals surface area contributed by atoms with Crippen LogP contribution < -0.4 is 0 Å². The van der Waals surface area contributed by atoms with E-state index in [-0.39, 0.29) is 5.97 Å². The lowest BCUT2D eigenvalue weighted by Gasteiger charge is -1.97. The van der Waals surface area contributed by atoms with Crippen molar-refractivity contribution in [2.75, 3.05) is 7.11 Å². The maximum atomic E-state index is 11.5. The van der Waals surface area contributed by atoms with Gasteiger partial charge in [-0.1, -0.05) is 15.9 Å². The van der Waals surface area contributed by atoms with Gasteiger partial charge >= 0.3 is 5.97 Å². The molecule has 0 fully saturated rings. The first-order valence-corrected chi connectivity index (χ1v) is 6.86. The van der Waals surface area contributed by atoms with E-state index >= 15 is 0 Å². The average molecular weight is 322 g/mol. The molecule has 2 heterocycles. The van der Waals surface area contributed by atoms with Crippen molar-refractivity contribution in [1.29, 1.82) is 0 Å². The number of carbonyl (C=O) groups is 1. The average Bonchev–Trinajstić information content (AvgIpc) is 2.77. The Hall–Kier alpha value is -1.46. The number of hydrogen-bond acceptors (Lipinski definition) is 4. The molecular formula is C13H8BrNO2S. The number of nitrogens with zero attached hydrogens (tertiary/aromatic N) is 1. The summed E-state index contributed by atoms with van der Waals surface area (Å²) < 4.78 is 5.73. The molecule has 3 nitrogen and oxygen atoms in total. The largest absolute Gasteiger partial charge is 0.465 e. The Kier molecular flexibility index (Phi) is 2.80. The van der Waals surface area contributed by atoms with Crippen LogP contribution in [0, 0.1) is 0 Å². The molecule has 5 heteroatoms. The minimum atomic E-state index is -0.316. The Morgan fingerprint density at radius 1 is 1.28 bits per heavy atom. The van der Waals surface area contributed by atoms with E-state index < -0.39 is 0 Å². The zero-order valence-corrected chi connectivity index (χ0v) is 11.8. The molecule has 0 saturated carbocycles. The van der Waals surface area contributed by atoms with Gasteiger partial charge in [0.15, 0.2) is 0 Å². The molecule has 0 unspecified atom stereocenters. The molecule has 0 aliphatic heterocycles. The summed E-state index contributed by atoms with van der Waals surface area (Å²) in [6, 6.07) is 9.77. The van der Waals surface area contributed by atoms with Gasteiger partial charge in [-0.15, -0.1) is 11.3 Å². The number of rotatable bonds is 1. The molecule has 0 bridgehead atoms. The highest BCUT2D eigenvalue weighted by atomic mass is 79.9. The fraction of sp³-hybridized carbons (Fsp3) is 0.0769. The van der Waals surface area contributed by atoms with Gasteiger partial charge in [-0.05, 0) is 30.3 Å². The molecule has 0 radical (unpaired) electrons. The number of hydrogen-bond donors (Lipinski definition) is 0. The highest BCUT2D eigenvalue weighted by molar-refractivity contribution is 9.10. The number of thiophene rings is 1. The van der Waals surface area contributed by atoms with Crippen LogP contribution in [0.5, 0.6) is 0 Å². The van der Waals surface area contributed by atoms with Crippen molar-refractivity contribution in [2.45, 2.75) is 0 Å². The molecule has 0 atom stereocenters. The lowest BCUT2D eigenvalue weighted by molar-refractivity contribution is 0.0606. The molecule has 0 amide bonds.